The minimum absolute atomic E-state index is 0.434. The van der Waals surface area contributed by atoms with Gasteiger partial charge < -0.3 is 5.32 Å². The van der Waals surface area contributed by atoms with Gasteiger partial charge >= 0.3 is 0 Å². The first-order valence-electron chi connectivity index (χ1n) is 5.10. The van der Waals surface area contributed by atoms with E-state index in [1.807, 2.05) is 38.1 Å². The van der Waals surface area contributed by atoms with Crippen LogP contribution in [0.2, 0.25) is 10.2 Å². The molecule has 0 saturated carbocycles. The zero-order chi connectivity index (χ0) is 12.4. The molecule has 0 aliphatic rings. The van der Waals surface area contributed by atoms with Gasteiger partial charge in [-0.15, -0.1) is 10.2 Å². The van der Waals surface area contributed by atoms with Gasteiger partial charge in [0.25, 0.3) is 0 Å². The van der Waals surface area contributed by atoms with Crippen molar-refractivity contribution in [3.63, 3.8) is 0 Å². The molecule has 0 spiro atoms. The van der Waals surface area contributed by atoms with E-state index in [0.717, 1.165) is 16.8 Å². The molecule has 88 valence electrons. The molecule has 2 aromatic rings. The highest BCUT2D eigenvalue weighted by atomic mass is 35.5. The van der Waals surface area contributed by atoms with Gasteiger partial charge in [0.2, 0.25) is 0 Å². The summed E-state index contributed by atoms with van der Waals surface area (Å²) in [5.41, 5.74) is 2.83. The van der Waals surface area contributed by atoms with Crippen LogP contribution in [0.3, 0.4) is 0 Å². The number of nitrogens with one attached hydrogen (secondary N) is 1. The quantitative estimate of drug-likeness (QED) is 0.889. The smallest absolute Gasteiger partial charge is 0.156 e. The molecule has 0 bridgehead atoms. The van der Waals surface area contributed by atoms with Gasteiger partial charge in [-0.2, -0.15) is 0 Å². The number of nitrogens with zero attached hydrogens (tertiary/aromatic N) is 2. The molecular weight excluding hydrogens is 257 g/mol. The van der Waals surface area contributed by atoms with E-state index in [9.17, 15) is 0 Å². The average Bonchev–Trinajstić information content (AvgIpc) is 2.33. The molecule has 1 N–H and O–H groups in total. The van der Waals surface area contributed by atoms with Crippen LogP contribution in [0, 0.1) is 13.8 Å². The lowest BCUT2D eigenvalue weighted by atomic mass is 10.2. The van der Waals surface area contributed by atoms with Crippen molar-refractivity contribution < 1.29 is 0 Å². The molecule has 0 saturated heterocycles. The van der Waals surface area contributed by atoms with Crippen molar-refractivity contribution in [2.45, 2.75) is 13.8 Å². The van der Waals surface area contributed by atoms with Gasteiger partial charge in [0, 0.05) is 10.7 Å². The molecule has 0 fully saturated rings. The zero-order valence-corrected chi connectivity index (χ0v) is 11.0. The topological polar surface area (TPSA) is 37.8 Å². The van der Waals surface area contributed by atoms with Gasteiger partial charge in [0.05, 0.1) is 0 Å². The van der Waals surface area contributed by atoms with Crippen molar-refractivity contribution in [1.82, 2.24) is 10.2 Å². The molecule has 5 heteroatoms. The van der Waals surface area contributed by atoms with E-state index < -0.39 is 0 Å². The molecule has 1 aromatic carbocycles. The van der Waals surface area contributed by atoms with Gasteiger partial charge in [-0.1, -0.05) is 23.2 Å². The second kappa shape index (κ2) is 4.90. The first-order valence-corrected chi connectivity index (χ1v) is 5.85. The third kappa shape index (κ3) is 2.68. The highest BCUT2D eigenvalue weighted by molar-refractivity contribution is 6.30. The molecule has 1 aromatic heterocycles. The molecule has 0 radical (unpaired) electrons. The largest absolute Gasteiger partial charge is 0.339 e. The molecule has 0 unspecified atom stereocenters. The Bertz CT molecular complexity index is 538. The van der Waals surface area contributed by atoms with Crippen LogP contribution in [0.1, 0.15) is 11.1 Å². The van der Waals surface area contributed by atoms with Crippen LogP contribution in [-0.2, 0) is 0 Å². The van der Waals surface area contributed by atoms with E-state index in [0.29, 0.717) is 16.0 Å². The van der Waals surface area contributed by atoms with Crippen molar-refractivity contribution in [2.24, 2.45) is 0 Å². The van der Waals surface area contributed by atoms with Crippen LogP contribution >= 0.6 is 23.2 Å². The zero-order valence-electron chi connectivity index (χ0n) is 9.46. The Labute approximate surface area is 110 Å². The lowest BCUT2D eigenvalue weighted by Crippen LogP contribution is -2.01. The highest BCUT2D eigenvalue weighted by Crippen LogP contribution is 2.24. The van der Waals surface area contributed by atoms with Gasteiger partial charge in [0.15, 0.2) is 11.0 Å². The third-order valence-electron chi connectivity index (χ3n) is 2.57. The normalized spacial score (nSPS) is 10.4. The Morgan fingerprint density at radius 1 is 0.941 bits per heavy atom. The van der Waals surface area contributed by atoms with Gasteiger partial charge in [0.1, 0.15) is 0 Å². The van der Waals surface area contributed by atoms with Crippen molar-refractivity contribution in [3.05, 3.63) is 45.6 Å². The lowest BCUT2D eigenvalue weighted by molar-refractivity contribution is 1.00. The van der Waals surface area contributed by atoms with Crippen LogP contribution in [-0.4, -0.2) is 10.2 Å². The summed E-state index contributed by atoms with van der Waals surface area (Å²) in [5.74, 6) is 0.703. The Hall–Kier alpha value is -1.32. The van der Waals surface area contributed by atoms with E-state index in [1.54, 1.807) is 0 Å². The molecule has 1 heterocycles. The number of benzene rings is 1. The molecule has 2 rings (SSSR count). The fourth-order valence-electron chi connectivity index (χ4n) is 1.36. The maximum atomic E-state index is 5.89. The second-order valence-electron chi connectivity index (χ2n) is 3.72. The number of hydrogen-bond acceptors (Lipinski definition) is 3. The van der Waals surface area contributed by atoms with Crippen LogP contribution in [0.25, 0.3) is 0 Å². The minimum atomic E-state index is 0.434. The number of rotatable bonds is 2. The molecule has 0 aliphatic heterocycles. The number of anilines is 2. The molecule has 0 atom stereocenters. The summed E-state index contributed by atoms with van der Waals surface area (Å²) < 4.78 is 0. The minimum Gasteiger partial charge on any atom is -0.339 e. The van der Waals surface area contributed by atoms with Crippen molar-refractivity contribution in [3.8, 4) is 0 Å². The van der Waals surface area contributed by atoms with E-state index in [4.69, 9.17) is 23.2 Å². The molecule has 17 heavy (non-hydrogen) atoms. The summed E-state index contributed by atoms with van der Waals surface area (Å²) in [4.78, 5) is 0. The van der Waals surface area contributed by atoms with Crippen molar-refractivity contribution in [1.29, 1.82) is 0 Å². The lowest BCUT2D eigenvalue weighted by Gasteiger charge is -2.10. The van der Waals surface area contributed by atoms with Crippen LogP contribution in [0.5, 0.6) is 0 Å². The predicted octanol–water partition coefficient (Wildman–Crippen LogP) is 4.14. The maximum Gasteiger partial charge on any atom is 0.156 e. The van der Waals surface area contributed by atoms with Gasteiger partial charge in [-0.3, -0.25) is 0 Å². The van der Waals surface area contributed by atoms with E-state index in [-0.39, 0.29) is 0 Å². The number of halogens is 2. The summed E-state index contributed by atoms with van der Waals surface area (Å²) in [5, 5.41) is 12.2. The Morgan fingerprint density at radius 3 is 2.24 bits per heavy atom. The van der Waals surface area contributed by atoms with E-state index in [2.05, 4.69) is 15.5 Å². The average molecular weight is 268 g/mol. The van der Waals surface area contributed by atoms with Gasteiger partial charge in [-0.05, 0) is 49.2 Å². The Balaban J connectivity index is 2.30. The fraction of sp³-hybridized carbons (Fsp3) is 0.167. The second-order valence-corrected chi connectivity index (χ2v) is 4.52. The van der Waals surface area contributed by atoms with E-state index >= 15 is 0 Å². The van der Waals surface area contributed by atoms with Crippen LogP contribution in [0.15, 0.2) is 24.3 Å². The predicted molar refractivity (Wildman–Crippen MR) is 71.3 cm³/mol. The van der Waals surface area contributed by atoms with Crippen LogP contribution < -0.4 is 5.32 Å². The first kappa shape index (κ1) is 12.1. The van der Waals surface area contributed by atoms with Crippen molar-refractivity contribution in [2.75, 3.05) is 5.32 Å². The maximum absolute atomic E-state index is 5.89. The molecule has 0 aliphatic carbocycles. The SMILES string of the molecule is Cc1c(Cl)nnc(Nc2ccc(Cl)cc2)c1C. The number of hydrogen-bond donors (Lipinski definition) is 1. The molecule has 3 nitrogen and oxygen atoms in total. The Kier molecular flexibility index (Phi) is 3.50. The summed E-state index contributed by atoms with van der Waals surface area (Å²) >= 11 is 11.7. The van der Waals surface area contributed by atoms with E-state index in [1.165, 1.54) is 0 Å². The summed E-state index contributed by atoms with van der Waals surface area (Å²) in [6.07, 6.45) is 0. The monoisotopic (exact) mass is 267 g/mol. The third-order valence-corrected chi connectivity index (χ3v) is 3.18. The van der Waals surface area contributed by atoms with Gasteiger partial charge in [-0.25, -0.2) is 0 Å². The van der Waals surface area contributed by atoms with Crippen LogP contribution in [0.4, 0.5) is 11.5 Å². The summed E-state index contributed by atoms with van der Waals surface area (Å²) in [6, 6.07) is 7.39. The van der Waals surface area contributed by atoms with Crippen molar-refractivity contribution >= 4 is 34.7 Å². The molecule has 0 amide bonds. The fourth-order valence-corrected chi connectivity index (χ4v) is 1.67. The Morgan fingerprint density at radius 2 is 1.59 bits per heavy atom. The first-order chi connectivity index (χ1) is 8.08. The summed E-state index contributed by atoms with van der Waals surface area (Å²) in [7, 11) is 0. The summed E-state index contributed by atoms with van der Waals surface area (Å²) in [6.45, 7) is 3.87. The highest BCUT2D eigenvalue weighted by Gasteiger charge is 2.07. The standard InChI is InChI=1S/C12H11Cl2N3/c1-7-8(2)12(17-16-11(7)14)15-10-5-3-9(13)4-6-10/h3-6H,1-2H3,(H,15,17). The number of aromatic nitrogens is 2. The molecular formula is C12H11Cl2N3.